The normalized spacial score (nSPS) is 23.6. The van der Waals surface area contributed by atoms with Crippen molar-refractivity contribution >= 4 is 9.84 Å². The SMILES string of the molecule is O=S1(=O)CCC(O)(c2c(F)cccc2F)c2ccccc21. The van der Waals surface area contributed by atoms with Gasteiger partial charge in [0.25, 0.3) is 0 Å². The van der Waals surface area contributed by atoms with Crippen LogP contribution in [0.2, 0.25) is 0 Å². The van der Waals surface area contributed by atoms with Crippen LogP contribution in [0.1, 0.15) is 17.5 Å². The highest BCUT2D eigenvalue weighted by molar-refractivity contribution is 7.91. The minimum absolute atomic E-state index is 0.0141. The summed E-state index contributed by atoms with van der Waals surface area (Å²) < 4.78 is 52.2. The summed E-state index contributed by atoms with van der Waals surface area (Å²) in [5.41, 5.74) is -2.48. The Kier molecular flexibility index (Phi) is 3.11. The first-order valence-electron chi connectivity index (χ1n) is 6.35. The molecule has 0 fully saturated rings. The van der Waals surface area contributed by atoms with Gasteiger partial charge in [0.1, 0.15) is 17.2 Å². The Morgan fingerprint density at radius 2 is 1.62 bits per heavy atom. The van der Waals surface area contributed by atoms with Gasteiger partial charge in [-0.05, 0) is 24.6 Å². The first-order chi connectivity index (χ1) is 9.86. The van der Waals surface area contributed by atoms with Gasteiger partial charge in [0, 0.05) is 5.56 Å². The standard InChI is InChI=1S/C15H12F2O3S/c16-11-5-3-6-12(17)14(11)15(18)8-9-21(19,20)13-7-2-1-4-10(13)15/h1-7,18H,8-9H2. The minimum Gasteiger partial charge on any atom is -0.380 e. The average Bonchev–Trinajstić information content (AvgIpc) is 2.44. The number of hydrogen-bond donors (Lipinski definition) is 1. The molecule has 1 aliphatic heterocycles. The number of halogens is 2. The Balaban J connectivity index is 2.33. The summed E-state index contributed by atoms with van der Waals surface area (Å²) in [6.07, 6.45) is -0.288. The molecule has 1 heterocycles. The Morgan fingerprint density at radius 3 is 2.29 bits per heavy atom. The zero-order valence-electron chi connectivity index (χ0n) is 10.9. The zero-order chi connectivity index (χ0) is 15.3. The van der Waals surface area contributed by atoms with Gasteiger partial charge in [0.2, 0.25) is 0 Å². The number of benzene rings is 2. The Bertz CT molecular complexity index is 797. The molecule has 0 saturated carbocycles. The number of hydrogen-bond acceptors (Lipinski definition) is 3. The molecule has 2 aromatic rings. The predicted molar refractivity (Wildman–Crippen MR) is 72.5 cm³/mol. The third-order valence-electron chi connectivity index (χ3n) is 3.78. The molecule has 6 heteroatoms. The molecule has 1 N–H and O–H groups in total. The van der Waals surface area contributed by atoms with Crippen LogP contribution in [0.3, 0.4) is 0 Å². The molecule has 0 saturated heterocycles. The second kappa shape index (κ2) is 4.61. The molecule has 3 nitrogen and oxygen atoms in total. The van der Waals surface area contributed by atoms with Crippen LogP contribution in [-0.2, 0) is 15.4 Å². The number of aliphatic hydroxyl groups is 1. The van der Waals surface area contributed by atoms with Crippen molar-refractivity contribution in [1.82, 2.24) is 0 Å². The fourth-order valence-corrected chi connectivity index (χ4v) is 4.40. The van der Waals surface area contributed by atoms with E-state index in [0.29, 0.717) is 0 Å². The van der Waals surface area contributed by atoms with Crippen LogP contribution in [0.5, 0.6) is 0 Å². The van der Waals surface area contributed by atoms with E-state index in [2.05, 4.69) is 0 Å². The topological polar surface area (TPSA) is 54.4 Å². The Morgan fingerprint density at radius 1 is 1.00 bits per heavy atom. The van der Waals surface area contributed by atoms with Crippen LogP contribution in [-0.4, -0.2) is 19.3 Å². The summed E-state index contributed by atoms with van der Waals surface area (Å²) in [4.78, 5) is -0.0820. The zero-order valence-corrected chi connectivity index (χ0v) is 11.7. The summed E-state index contributed by atoms with van der Waals surface area (Å²) in [6.45, 7) is 0. The van der Waals surface area contributed by atoms with E-state index in [1.807, 2.05) is 0 Å². The molecule has 1 aliphatic rings. The Hall–Kier alpha value is -1.79. The highest BCUT2D eigenvalue weighted by atomic mass is 32.2. The van der Waals surface area contributed by atoms with Crippen LogP contribution in [0.25, 0.3) is 0 Å². The summed E-state index contributed by atoms with van der Waals surface area (Å²) in [5, 5.41) is 10.8. The van der Waals surface area contributed by atoms with Crippen molar-refractivity contribution < 1.29 is 22.3 Å². The predicted octanol–water partition coefficient (Wildman–Crippen LogP) is 2.38. The quantitative estimate of drug-likeness (QED) is 0.880. The smallest absolute Gasteiger partial charge is 0.178 e. The number of rotatable bonds is 1. The first kappa shape index (κ1) is 14.2. The van der Waals surface area contributed by atoms with Crippen molar-refractivity contribution in [3.8, 4) is 0 Å². The van der Waals surface area contributed by atoms with Gasteiger partial charge < -0.3 is 5.11 Å². The maximum atomic E-state index is 14.0. The monoisotopic (exact) mass is 310 g/mol. The van der Waals surface area contributed by atoms with Gasteiger partial charge in [-0.1, -0.05) is 24.3 Å². The highest BCUT2D eigenvalue weighted by Gasteiger charge is 2.44. The summed E-state index contributed by atoms with van der Waals surface area (Å²) in [6, 6.07) is 9.06. The van der Waals surface area contributed by atoms with E-state index in [9.17, 15) is 22.3 Å². The van der Waals surface area contributed by atoms with Gasteiger partial charge in [0.15, 0.2) is 9.84 Å². The maximum Gasteiger partial charge on any atom is 0.178 e. The average molecular weight is 310 g/mol. The Labute approximate surface area is 120 Å². The van der Waals surface area contributed by atoms with Gasteiger partial charge >= 0.3 is 0 Å². The van der Waals surface area contributed by atoms with E-state index < -0.39 is 32.6 Å². The molecule has 2 aromatic carbocycles. The molecule has 1 atom stereocenters. The van der Waals surface area contributed by atoms with Crippen molar-refractivity contribution in [2.24, 2.45) is 0 Å². The number of fused-ring (bicyclic) bond motifs is 1. The largest absolute Gasteiger partial charge is 0.380 e. The third kappa shape index (κ3) is 2.06. The lowest BCUT2D eigenvalue weighted by Gasteiger charge is -2.34. The van der Waals surface area contributed by atoms with Gasteiger partial charge in [-0.3, -0.25) is 0 Å². The minimum atomic E-state index is -3.55. The molecule has 1 unspecified atom stereocenters. The molecule has 0 aromatic heterocycles. The fraction of sp³-hybridized carbons (Fsp3) is 0.200. The van der Waals surface area contributed by atoms with Gasteiger partial charge in [-0.15, -0.1) is 0 Å². The van der Waals surface area contributed by atoms with Crippen molar-refractivity contribution in [2.75, 3.05) is 5.75 Å². The third-order valence-corrected chi connectivity index (χ3v) is 5.54. The van der Waals surface area contributed by atoms with E-state index in [-0.39, 0.29) is 22.6 Å². The second-order valence-corrected chi connectivity index (χ2v) is 7.10. The molecule has 21 heavy (non-hydrogen) atoms. The van der Waals surface area contributed by atoms with E-state index in [1.165, 1.54) is 30.3 Å². The maximum absolute atomic E-state index is 14.0. The van der Waals surface area contributed by atoms with E-state index >= 15 is 0 Å². The van der Waals surface area contributed by atoms with Gasteiger partial charge in [-0.2, -0.15) is 0 Å². The van der Waals surface area contributed by atoms with Crippen LogP contribution in [0.15, 0.2) is 47.4 Å². The van der Waals surface area contributed by atoms with Gasteiger partial charge in [0.05, 0.1) is 16.2 Å². The van der Waals surface area contributed by atoms with Crippen LogP contribution < -0.4 is 0 Å². The molecule has 0 aliphatic carbocycles. The van der Waals surface area contributed by atoms with Crippen molar-refractivity contribution in [3.63, 3.8) is 0 Å². The second-order valence-electron chi connectivity index (χ2n) is 5.02. The van der Waals surface area contributed by atoms with Crippen LogP contribution >= 0.6 is 0 Å². The molecular weight excluding hydrogens is 298 g/mol. The van der Waals surface area contributed by atoms with E-state index in [1.54, 1.807) is 0 Å². The molecule has 0 bridgehead atoms. The summed E-state index contributed by atoms with van der Waals surface area (Å²) >= 11 is 0. The number of sulfone groups is 1. The lowest BCUT2D eigenvalue weighted by molar-refractivity contribution is 0.0637. The highest BCUT2D eigenvalue weighted by Crippen LogP contribution is 2.43. The van der Waals surface area contributed by atoms with E-state index in [4.69, 9.17) is 0 Å². The summed E-state index contributed by atoms with van der Waals surface area (Å²) in [7, 11) is -3.55. The molecule has 110 valence electrons. The van der Waals surface area contributed by atoms with Crippen LogP contribution in [0.4, 0.5) is 8.78 Å². The van der Waals surface area contributed by atoms with Gasteiger partial charge in [-0.25, -0.2) is 17.2 Å². The van der Waals surface area contributed by atoms with Crippen molar-refractivity contribution in [2.45, 2.75) is 16.9 Å². The summed E-state index contributed by atoms with van der Waals surface area (Å²) in [5.74, 6) is -2.16. The first-order valence-corrected chi connectivity index (χ1v) is 8.00. The molecule has 0 amide bonds. The molecule has 0 spiro atoms. The van der Waals surface area contributed by atoms with E-state index in [0.717, 1.165) is 12.1 Å². The van der Waals surface area contributed by atoms with Crippen molar-refractivity contribution in [1.29, 1.82) is 0 Å². The lowest BCUT2D eigenvalue weighted by Crippen LogP contribution is -2.38. The van der Waals surface area contributed by atoms with Crippen LogP contribution in [0, 0.1) is 11.6 Å². The fourth-order valence-electron chi connectivity index (χ4n) is 2.76. The van der Waals surface area contributed by atoms with Crippen molar-refractivity contribution in [3.05, 3.63) is 65.2 Å². The lowest BCUT2D eigenvalue weighted by atomic mass is 9.83. The molecule has 3 rings (SSSR count). The molecular formula is C15H12F2O3S. The molecule has 0 radical (unpaired) electrons.